The maximum atomic E-state index is 5.59. The standard InChI is InChI=1S/C25H24N2O/c1-3-9-20(10-4-1)24-22-13-7-8-14-27(22)23(19-26-15-17-28-18-16-26)25(24)21-11-5-2-6-12-21/h1-14H,15-19H2/p+1. The molecule has 0 unspecified atom stereocenters. The van der Waals surface area contributed by atoms with E-state index in [1.54, 1.807) is 4.90 Å². The number of morpholine rings is 1. The second-order valence-corrected chi connectivity index (χ2v) is 7.42. The van der Waals surface area contributed by atoms with Crippen molar-refractivity contribution < 1.29 is 9.64 Å². The molecule has 1 aliphatic heterocycles. The molecule has 1 aliphatic rings. The summed E-state index contributed by atoms with van der Waals surface area (Å²) in [6, 6.07) is 28.1. The number of hydrogen-bond acceptors (Lipinski definition) is 1. The van der Waals surface area contributed by atoms with E-state index in [0.29, 0.717) is 0 Å². The van der Waals surface area contributed by atoms with Crippen molar-refractivity contribution in [3.8, 4) is 22.3 Å². The van der Waals surface area contributed by atoms with E-state index in [-0.39, 0.29) is 0 Å². The predicted octanol–water partition coefficient (Wildman–Crippen LogP) is 3.69. The molecule has 1 saturated heterocycles. The lowest BCUT2D eigenvalue weighted by Crippen LogP contribution is -3.12. The van der Waals surface area contributed by atoms with Crippen molar-refractivity contribution in [2.45, 2.75) is 6.54 Å². The molecule has 0 spiro atoms. The van der Waals surface area contributed by atoms with Crippen LogP contribution < -0.4 is 4.90 Å². The Kier molecular flexibility index (Phi) is 4.69. The fraction of sp³-hybridized carbons (Fsp3) is 0.200. The molecule has 2 aromatic heterocycles. The van der Waals surface area contributed by atoms with Gasteiger partial charge in [-0.25, -0.2) is 0 Å². The number of quaternary nitrogens is 1. The van der Waals surface area contributed by atoms with Crippen LogP contribution in [-0.4, -0.2) is 30.7 Å². The van der Waals surface area contributed by atoms with E-state index >= 15 is 0 Å². The van der Waals surface area contributed by atoms with Crippen molar-refractivity contribution >= 4 is 5.52 Å². The van der Waals surface area contributed by atoms with Crippen LogP contribution in [0.1, 0.15) is 5.69 Å². The fourth-order valence-corrected chi connectivity index (χ4v) is 4.34. The van der Waals surface area contributed by atoms with Crippen molar-refractivity contribution in [2.75, 3.05) is 26.3 Å². The second-order valence-electron chi connectivity index (χ2n) is 7.42. The molecule has 0 amide bonds. The number of nitrogens with zero attached hydrogens (tertiary/aromatic N) is 1. The molecule has 3 heterocycles. The number of nitrogens with one attached hydrogen (secondary N) is 1. The summed E-state index contributed by atoms with van der Waals surface area (Å²) in [6.45, 7) is 4.84. The van der Waals surface area contributed by atoms with E-state index in [1.165, 1.54) is 33.5 Å². The number of aromatic nitrogens is 1. The third-order valence-electron chi connectivity index (χ3n) is 5.69. The zero-order valence-electron chi connectivity index (χ0n) is 16.0. The van der Waals surface area contributed by atoms with Gasteiger partial charge in [-0.05, 0) is 23.3 Å². The van der Waals surface area contributed by atoms with E-state index < -0.39 is 0 Å². The highest BCUT2D eigenvalue weighted by Gasteiger charge is 2.24. The first-order valence-corrected chi connectivity index (χ1v) is 10.1. The Morgan fingerprint density at radius 3 is 2.00 bits per heavy atom. The molecule has 3 heteroatoms. The number of fused-ring (bicyclic) bond motifs is 1. The summed E-state index contributed by atoms with van der Waals surface area (Å²) in [4.78, 5) is 1.59. The van der Waals surface area contributed by atoms with Gasteiger partial charge in [0.2, 0.25) is 0 Å². The number of pyridine rings is 1. The Bertz CT molecular complexity index is 1060. The van der Waals surface area contributed by atoms with Crippen LogP contribution in [0.15, 0.2) is 85.1 Å². The highest BCUT2D eigenvalue weighted by atomic mass is 16.5. The number of rotatable bonds is 4. The lowest BCUT2D eigenvalue weighted by molar-refractivity contribution is -0.921. The molecule has 4 aromatic rings. The Balaban J connectivity index is 1.77. The van der Waals surface area contributed by atoms with Crippen LogP contribution in [0, 0.1) is 0 Å². The minimum absolute atomic E-state index is 0.852. The van der Waals surface area contributed by atoms with Gasteiger partial charge >= 0.3 is 0 Å². The third-order valence-corrected chi connectivity index (χ3v) is 5.69. The van der Waals surface area contributed by atoms with E-state index in [2.05, 4.69) is 89.5 Å². The van der Waals surface area contributed by atoms with Crippen LogP contribution in [-0.2, 0) is 11.3 Å². The Labute approximate surface area is 165 Å². The first-order valence-electron chi connectivity index (χ1n) is 10.1. The van der Waals surface area contributed by atoms with Gasteiger partial charge in [0.05, 0.1) is 24.4 Å². The van der Waals surface area contributed by atoms with Crippen LogP contribution in [0.25, 0.3) is 27.8 Å². The molecule has 0 radical (unpaired) electrons. The van der Waals surface area contributed by atoms with Gasteiger partial charge in [0.15, 0.2) is 0 Å². The van der Waals surface area contributed by atoms with Crippen molar-refractivity contribution in [1.29, 1.82) is 0 Å². The lowest BCUT2D eigenvalue weighted by atomic mass is 9.95. The number of hydrogen-bond donors (Lipinski definition) is 1. The SMILES string of the molecule is c1ccc(-c2c(-c3ccccc3)c3ccccn3c2C[NH+]2CCOCC2)cc1. The Morgan fingerprint density at radius 1 is 0.714 bits per heavy atom. The lowest BCUT2D eigenvalue weighted by Gasteiger charge is -2.24. The van der Waals surface area contributed by atoms with Gasteiger partial charge in [-0.1, -0.05) is 66.7 Å². The number of ether oxygens (including phenoxy) is 1. The normalized spacial score (nSPS) is 15.1. The van der Waals surface area contributed by atoms with E-state index in [1.807, 2.05) is 0 Å². The van der Waals surface area contributed by atoms with E-state index in [4.69, 9.17) is 4.74 Å². The van der Waals surface area contributed by atoms with Gasteiger partial charge in [-0.3, -0.25) is 0 Å². The van der Waals surface area contributed by atoms with E-state index in [0.717, 1.165) is 32.8 Å². The van der Waals surface area contributed by atoms with Gasteiger partial charge in [0.1, 0.15) is 19.6 Å². The summed E-state index contributed by atoms with van der Waals surface area (Å²) in [5.41, 5.74) is 7.90. The predicted molar refractivity (Wildman–Crippen MR) is 113 cm³/mol. The maximum absolute atomic E-state index is 5.59. The first-order chi connectivity index (χ1) is 13.9. The van der Waals surface area contributed by atoms with Gasteiger partial charge in [0, 0.05) is 17.3 Å². The molecule has 1 fully saturated rings. The van der Waals surface area contributed by atoms with Crippen molar-refractivity contribution in [1.82, 2.24) is 4.40 Å². The zero-order chi connectivity index (χ0) is 18.8. The van der Waals surface area contributed by atoms with Crippen molar-refractivity contribution in [3.63, 3.8) is 0 Å². The zero-order valence-corrected chi connectivity index (χ0v) is 16.0. The van der Waals surface area contributed by atoms with E-state index in [9.17, 15) is 0 Å². The fourth-order valence-electron chi connectivity index (χ4n) is 4.34. The van der Waals surface area contributed by atoms with Crippen molar-refractivity contribution in [3.05, 3.63) is 90.8 Å². The Hall–Kier alpha value is -2.88. The van der Waals surface area contributed by atoms with Gasteiger partial charge < -0.3 is 14.0 Å². The summed E-state index contributed by atoms with van der Waals surface area (Å²) in [7, 11) is 0. The third kappa shape index (κ3) is 3.13. The maximum Gasteiger partial charge on any atom is 0.119 e. The topological polar surface area (TPSA) is 18.1 Å². The molecule has 3 nitrogen and oxygen atoms in total. The summed E-state index contributed by atoms with van der Waals surface area (Å²) in [5.74, 6) is 0. The average Bonchev–Trinajstić information content (AvgIpc) is 3.10. The first kappa shape index (κ1) is 17.2. The minimum atomic E-state index is 0.852. The van der Waals surface area contributed by atoms with Crippen LogP contribution in [0.4, 0.5) is 0 Å². The molecule has 0 bridgehead atoms. The quantitative estimate of drug-likeness (QED) is 0.581. The summed E-state index contributed by atoms with van der Waals surface area (Å²) in [5, 5.41) is 0. The minimum Gasteiger partial charge on any atom is -0.370 e. The molecule has 5 rings (SSSR count). The molecule has 1 N–H and O–H groups in total. The molecule has 140 valence electrons. The average molecular weight is 369 g/mol. The molecule has 0 saturated carbocycles. The van der Waals surface area contributed by atoms with Gasteiger partial charge in [-0.15, -0.1) is 0 Å². The summed E-state index contributed by atoms with van der Waals surface area (Å²) in [6.07, 6.45) is 2.21. The molecular weight excluding hydrogens is 344 g/mol. The highest BCUT2D eigenvalue weighted by molar-refractivity contribution is 5.96. The van der Waals surface area contributed by atoms with Gasteiger partial charge in [-0.2, -0.15) is 0 Å². The van der Waals surface area contributed by atoms with Crippen molar-refractivity contribution in [2.24, 2.45) is 0 Å². The molecule has 2 aromatic carbocycles. The largest absolute Gasteiger partial charge is 0.370 e. The van der Waals surface area contributed by atoms with Crippen LogP contribution in [0.5, 0.6) is 0 Å². The Morgan fingerprint density at radius 2 is 1.32 bits per heavy atom. The second kappa shape index (κ2) is 7.63. The summed E-state index contributed by atoms with van der Waals surface area (Å²) < 4.78 is 7.98. The molecule has 0 atom stereocenters. The van der Waals surface area contributed by atoms with Gasteiger partial charge in [0.25, 0.3) is 0 Å². The monoisotopic (exact) mass is 369 g/mol. The van der Waals surface area contributed by atoms with Crippen LogP contribution >= 0.6 is 0 Å². The molecular formula is C25H25N2O+. The van der Waals surface area contributed by atoms with Crippen LogP contribution in [0.2, 0.25) is 0 Å². The highest BCUT2D eigenvalue weighted by Crippen LogP contribution is 2.40. The van der Waals surface area contributed by atoms with Crippen LogP contribution in [0.3, 0.4) is 0 Å². The summed E-state index contributed by atoms with van der Waals surface area (Å²) >= 11 is 0. The smallest absolute Gasteiger partial charge is 0.119 e. The molecule has 0 aliphatic carbocycles. The molecule has 28 heavy (non-hydrogen) atoms. The number of benzene rings is 2.